The van der Waals surface area contributed by atoms with Crippen molar-refractivity contribution in [1.29, 1.82) is 0 Å². The van der Waals surface area contributed by atoms with Gasteiger partial charge >= 0.3 is 5.97 Å². The van der Waals surface area contributed by atoms with Gasteiger partial charge in [-0.15, -0.1) is 0 Å². The van der Waals surface area contributed by atoms with Crippen LogP contribution in [0.1, 0.15) is 34.0 Å². The lowest BCUT2D eigenvalue weighted by Crippen LogP contribution is -2.33. The van der Waals surface area contributed by atoms with Crippen molar-refractivity contribution in [1.82, 2.24) is 21.0 Å². The molecule has 0 unspecified atom stereocenters. The molecule has 79 heavy (non-hydrogen) atoms. The first-order valence-corrected chi connectivity index (χ1v) is 25.9. The van der Waals surface area contributed by atoms with Crippen LogP contribution < -0.4 is 53.5 Å². The summed E-state index contributed by atoms with van der Waals surface area (Å²) in [7, 11) is 3.62. The number of aromatic hydroxyl groups is 1. The number of carbonyl (C=O) groups is 4. The molecule has 0 bridgehead atoms. The number of nitrogens with zero attached hydrogens (tertiary/aromatic N) is 4. The average Bonchev–Trinajstić information content (AvgIpc) is 4.30. The first-order valence-electron chi connectivity index (χ1n) is 25.0. The smallest absolute Gasteiger partial charge is 0.344 e. The van der Waals surface area contributed by atoms with E-state index < -0.39 is 5.97 Å². The van der Waals surface area contributed by atoms with Gasteiger partial charge < -0.3 is 72.4 Å². The fraction of sp³-hybridized carbons (Fsp3) is 0.232. The van der Waals surface area contributed by atoms with Crippen LogP contribution in [0, 0.1) is 0 Å². The molecule has 0 saturated carbocycles. The lowest BCUT2D eigenvalue weighted by atomic mass is 10.1. The van der Waals surface area contributed by atoms with Crippen LogP contribution in [-0.2, 0) is 23.9 Å². The number of phenolic OH excluding ortho intramolecular Hbond substituents is 1. The van der Waals surface area contributed by atoms with Crippen LogP contribution >= 0.6 is 11.8 Å². The number of thioether (sulfide) groups is 1. The lowest BCUT2D eigenvalue weighted by molar-refractivity contribution is -0.138. The summed E-state index contributed by atoms with van der Waals surface area (Å²) >= 11 is 1.12. The summed E-state index contributed by atoms with van der Waals surface area (Å²) in [5.41, 5.74) is 13.1. The Morgan fingerprint density at radius 1 is 0.785 bits per heavy atom. The number of esters is 1. The molecule has 5 aromatic rings. The number of anilines is 4. The number of phenols is 1. The van der Waals surface area contributed by atoms with Gasteiger partial charge in [-0.3, -0.25) is 24.4 Å². The quantitative estimate of drug-likeness (QED) is 0.0123. The molecule has 0 aromatic heterocycles. The number of amidine groups is 2. The summed E-state index contributed by atoms with van der Waals surface area (Å²) in [6, 6.07) is 34.5. The summed E-state index contributed by atoms with van der Waals surface area (Å²) < 4.78 is 16.4. The van der Waals surface area contributed by atoms with Crippen molar-refractivity contribution < 1.29 is 43.6 Å². The number of rotatable bonds is 23. The number of hydrazine groups is 1. The monoisotopic (exact) mass is 1100 g/mol. The van der Waals surface area contributed by atoms with Gasteiger partial charge in [0.05, 0.1) is 56.6 Å². The van der Waals surface area contributed by atoms with Gasteiger partial charge in [0.2, 0.25) is 12.8 Å². The number of amides is 3. The van der Waals surface area contributed by atoms with Crippen molar-refractivity contribution in [2.45, 2.75) is 6.92 Å². The van der Waals surface area contributed by atoms with Crippen LogP contribution in [0.4, 0.5) is 28.4 Å². The van der Waals surface area contributed by atoms with Gasteiger partial charge in [-0.05, 0) is 110 Å². The summed E-state index contributed by atoms with van der Waals surface area (Å²) in [4.78, 5) is 59.8. The zero-order valence-corrected chi connectivity index (χ0v) is 44.8. The Bertz CT molecular complexity index is 3060. The number of aliphatic hydroxyl groups is 1. The van der Waals surface area contributed by atoms with Gasteiger partial charge in [0.1, 0.15) is 34.7 Å². The Hall–Kier alpha value is -9.32. The SMILES string of the molecule is CCOC(=O)C1=C(O)/C(=C/c2ccc(OCCOCCN(N)/C=C(\N)CNC(=O)c3cc(NC)cc(NC=O)c3)c(O)c2)SC1=Nc1ccccc1.CNc1ccc(C2=NCCN2)cc1.O=CNc1ccc(C2=NCCN2)cc1. The highest BCUT2D eigenvalue weighted by Crippen LogP contribution is 2.41. The second-order valence-corrected chi connectivity index (χ2v) is 17.9. The Labute approximate surface area is 462 Å². The van der Waals surface area contributed by atoms with Gasteiger partial charge in [0.15, 0.2) is 11.5 Å². The summed E-state index contributed by atoms with van der Waals surface area (Å²) in [5, 5.41) is 43.4. The highest BCUT2D eigenvalue weighted by Gasteiger charge is 2.33. The second kappa shape index (κ2) is 31.0. The standard InChI is InChI=1S/C36H41N7O8S.C10H11N3O.C10H13N3/c1-3-50-36(48)32-33(46)31(52-35(32)42-26-7-5-4-6-8-26)16-23-9-10-30(29(45)15-23)51-14-13-49-12-11-43(38)21-25(37)20-40-34(47)24-17-27(39-2)19-28(18-24)41-22-44;14-7-13-9-3-1-8(2-4-9)10-11-5-6-12-10;1-11-9-4-2-8(3-5-9)10-12-6-7-13-10/h4-10,15-19,21-22,39,45-46H,3,11-14,20,37-38H2,1-2H3,(H,40,47)(H,41,44);1-4,7H,5-6H2,(H,11,12)(H,13,14);2-5,11H,6-7H2,1H3,(H,12,13)/b25-21-,31-16-,42-35?;;. The molecular formula is C56H65N13O9S. The van der Waals surface area contributed by atoms with Crippen LogP contribution in [0.25, 0.3) is 6.08 Å². The van der Waals surface area contributed by atoms with E-state index in [4.69, 9.17) is 25.8 Å². The first-order chi connectivity index (χ1) is 38.4. The highest BCUT2D eigenvalue weighted by molar-refractivity contribution is 8.18. The van der Waals surface area contributed by atoms with Crippen molar-refractivity contribution in [3.8, 4) is 11.5 Å². The molecule has 13 N–H and O–H groups in total. The van der Waals surface area contributed by atoms with E-state index in [1.165, 1.54) is 17.3 Å². The summed E-state index contributed by atoms with van der Waals surface area (Å²) in [5.74, 6) is 6.71. The van der Waals surface area contributed by atoms with Gasteiger partial charge in [0.25, 0.3) is 5.91 Å². The summed E-state index contributed by atoms with van der Waals surface area (Å²) in [6.07, 6.45) is 4.30. The third kappa shape index (κ3) is 18.4. The van der Waals surface area contributed by atoms with E-state index >= 15 is 0 Å². The normalized spacial score (nSPS) is 14.5. The lowest BCUT2D eigenvalue weighted by Gasteiger charge is -2.16. The predicted molar refractivity (Wildman–Crippen MR) is 312 cm³/mol. The van der Waals surface area contributed by atoms with E-state index in [0.29, 0.717) is 63.2 Å². The Balaban J connectivity index is 0.000000298. The number of para-hydroxylation sites is 1. The average molecular weight is 1100 g/mol. The molecule has 5 aromatic carbocycles. The minimum absolute atomic E-state index is 0.0238. The van der Waals surface area contributed by atoms with Crippen molar-refractivity contribution >= 4 is 87.7 Å². The van der Waals surface area contributed by atoms with Crippen LogP contribution in [0.15, 0.2) is 158 Å². The minimum Gasteiger partial charge on any atom is -0.506 e. The number of ether oxygens (including phenoxy) is 3. The van der Waals surface area contributed by atoms with Crippen molar-refractivity contribution in [3.05, 3.63) is 166 Å². The van der Waals surface area contributed by atoms with E-state index in [9.17, 15) is 29.4 Å². The number of carbonyl (C=O) groups excluding carboxylic acids is 4. The Kier molecular flexibility index (Phi) is 23.2. The van der Waals surface area contributed by atoms with Gasteiger partial charge in [-0.1, -0.05) is 36.0 Å². The molecule has 3 aliphatic heterocycles. The fourth-order valence-corrected chi connectivity index (χ4v) is 8.46. The zero-order valence-electron chi connectivity index (χ0n) is 44.0. The number of hydrogen-bond donors (Lipinski definition) is 11. The maximum Gasteiger partial charge on any atom is 0.344 e. The zero-order chi connectivity index (χ0) is 56.4. The van der Waals surface area contributed by atoms with E-state index in [1.54, 1.807) is 62.5 Å². The molecule has 22 nitrogen and oxygen atoms in total. The van der Waals surface area contributed by atoms with Gasteiger partial charge in [-0.2, -0.15) is 0 Å². The third-order valence-electron chi connectivity index (χ3n) is 11.3. The molecule has 23 heteroatoms. The number of nitrogens with two attached hydrogens (primary N) is 2. The number of benzene rings is 5. The van der Waals surface area contributed by atoms with Crippen LogP contribution in [-0.4, -0.2) is 136 Å². The molecule has 414 valence electrons. The first kappa shape index (κ1) is 58.9. The molecule has 8 rings (SSSR count). The molecule has 3 aliphatic rings. The fourth-order valence-electron chi connectivity index (χ4n) is 7.42. The second-order valence-electron chi connectivity index (χ2n) is 16.9. The predicted octanol–water partition coefficient (Wildman–Crippen LogP) is 5.68. The summed E-state index contributed by atoms with van der Waals surface area (Å²) in [6.45, 7) is 6.34. The molecule has 0 aliphatic carbocycles. The van der Waals surface area contributed by atoms with Gasteiger partial charge in [0, 0.05) is 78.5 Å². The maximum atomic E-state index is 12.7. The van der Waals surface area contributed by atoms with E-state index in [0.717, 1.165) is 72.1 Å². The molecule has 0 atom stereocenters. The molecule has 0 fully saturated rings. The molecular weight excluding hydrogens is 1030 g/mol. The number of hydrogen-bond acceptors (Lipinski definition) is 20. The van der Waals surface area contributed by atoms with Crippen LogP contribution in [0.2, 0.25) is 0 Å². The van der Waals surface area contributed by atoms with Crippen LogP contribution in [0.3, 0.4) is 0 Å². The van der Waals surface area contributed by atoms with E-state index in [1.807, 2.05) is 49.5 Å². The molecule has 0 radical (unpaired) electrons. The molecule has 3 heterocycles. The number of aliphatic imine (C=N–C) groups is 3. The molecule has 0 spiro atoms. The van der Waals surface area contributed by atoms with Gasteiger partial charge in [-0.25, -0.2) is 15.6 Å². The molecule has 0 saturated heterocycles. The Morgan fingerprint density at radius 3 is 2.01 bits per heavy atom. The number of nitrogens with one attached hydrogen (secondary N) is 7. The minimum atomic E-state index is -0.682. The maximum absolute atomic E-state index is 12.7. The van der Waals surface area contributed by atoms with E-state index in [-0.39, 0.29) is 61.7 Å². The number of aliphatic hydroxyl groups excluding tert-OH is 1. The van der Waals surface area contributed by atoms with Crippen molar-refractivity contribution in [2.75, 3.05) is 101 Å². The highest BCUT2D eigenvalue weighted by atomic mass is 32.2. The molecule has 3 amide bonds. The van der Waals surface area contributed by atoms with Crippen molar-refractivity contribution in [3.63, 3.8) is 0 Å². The topological polar surface area (TPSA) is 313 Å². The van der Waals surface area contributed by atoms with E-state index in [2.05, 4.69) is 76.5 Å². The largest absolute Gasteiger partial charge is 0.506 e. The third-order valence-corrected chi connectivity index (χ3v) is 12.3. The Morgan fingerprint density at radius 2 is 1.42 bits per heavy atom. The van der Waals surface area contributed by atoms with Crippen molar-refractivity contribution in [2.24, 2.45) is 26.6 Å². The van der Waals surface area contributed by atoms with Crippen LogP contribution in [0.5, 0.6) is 11.5 Å².